The summed E-state index contributed by atoms with van der Waals surface area (Å²) >= 11 is 1.60. The van der Waals surface area contributed by atoms with Gasteiger partial charge in [0.05, 0.1) is 12.3 Å². The normalized spacial score (nSPS) is 19.6. The molecule has 1 heterocycles. The van der Waals surface area contributed by atoms with Crippen LogP contribution >= 0.6 is 11.8 Å². The summed E-state index contributed by atoms with van der Waals surface area (Å²) in [5.74, 6) is -0.407. The number of aryl methyl sites for hydroxylation is 1. The fourth-order valence-corrected chi connectivity index (χ4v) is 3.75. The third kappa shape index (κ3) is 4.99. The molecule has 5 nitrogen and oxygen atoms in total. The number of hydrogen-bond donors (Lipinski definition) is 2. The molecule has 3 rings (SSSR count). The first-order chi connectivity index (χ1) is 13.0. The summed E-state index contributed by atoms with van der Waals surface area (Å²) in [6.45, 7) is 2.01. The Labute approximate surface area is 162 Å². The number of halogens is 1. The highest BCUT2D eigenvalue weighted by Gasteiger charge is 2.23. The van der Waals surface area contributed by atoms with E-state index in [0.717, 1.165) is 22.7 Å². The molecule has 1 aromatic heterocycles. The molecule has 0 unspecified atom stereocenters. The van der Waals surface area contributed by atoms with Crippen molar-refractivity contribution in [3.05, 3.63) is 47.4 Å². The fourth-order valence-electron chi connectivity index (χ4n) is 3.13. The Morgan fingerprint density at radius 1 is 1.30 bits per heavy atom. The number of aliphatic hydroxyl groups excluding tert-OH is 1. The predicted molar refractivity (Wildman–Crippen MR) is 103 cm³/mol. The number of aliphatic hydroxyl groups is 1. The summed E-state index contributed by atoms with van der Waals surface area (Å²) in [5, 5.41) is 12.5. The van der Waals surface area contributed by atoms with E-state index in [1.54, 1.807) is 17.8 Å². The van der Waals surface area contributed by atoms with E-state index in [4.69, 9.17) is 4.74 Å². The third-order valence-corrected chi connectivity index (χ3v) is 5.57. The first-order valence-corrected chi connectivity index (χ1v) is 10.2. The first-order valence-electron chi connectivity index (χ1n) is 8.93. The van der Waals surface area contributed by atoms with Crippen molar-refractivity contribution in [3.8, 4) is 11.6 Å². The number of rotatable bonds is 5. The molecule has 2 N–H and O–H groups in total. The van der Waals surface area contributed by atoms with Gasteiger partial charge in [0.25, 0.3) is 5.91 Å². The van der Waals surface area contributed by atoms with Crippen molar-refractivity contribution in [1.29, 1.82) is 0 Å². The zero-order valence-electron chi connectivity index (χ0n) is 15.4. The number of amides is 1. The molecule has 7 heteroatoms. The zero-order chi connectivity index (χ0) is 19.4. The molecule has 0 spiro atoms. The molecule has 0 bridgehead atoms. The van der Waals surface area contributed by atoms with Crippen LogP contribution in [0.5, 0.6) is 11.6 Å². The van der Waals surface area contributed by atoms with Gasteiger partial charge in [-0.2, -0.15) is 0 Å². The molecule has 1 fully saturated rings. The SMILES string of the molecule is CSc1cc(Oc2ncc(F)cc2C(=O)NC2CCC(O)CC2)ccc1C. The van der Waals surface area contributed by atoms with Crippen LogP contribution in [0.4, 0.5) is 4.39 Å². The number of thioether (sulfide) groups is 1. The van der Waals surface area contributed by atoms with E-state index >= 15 is 0 Å². The summed E-state index contributed by atoms with van der Waals surface area (Å²) in [5.41, 5.74) is 1.19. The number of carbonyl (C=O) groups is 1. The Bertz CT molecular complexity index is 823. The average Bonchev–Trinajstić information content (AvgIpc) is 2.66. The third-order valence-electron chi connectivity index (χ3n) is 4.69. The van der Waals surface area contributed by atoms with E-state index in [1.165, 1.54) is 0 Å². The molecule has 0 radical (unpaired) electrons. The molecule has 1 aliphatic rings. The van der Waals surface area contributed by atoms with E-state index in [2.05, 4.69) is 10.3 Å². The van der Waals surface area contributed by atoms with Gasteiger partial charge in [-0.3, -0.25) is 4.79 Å². The summed E-state index contributed by atoms with van der Waals surface area (Å²) in [6.07, 6.45) is 5.39. The molecule has 27 heavy (non-hydrogen) atoms. The summed E-state index contributed by atoms with van der Waals surface area (Å²) < 4.78 is 19.5. The van der Waals surface area contributed by atoms with E-state index in [9.17, 15) is 14.3 Å². The molecular weight excluding hydrogens is 367 g/mol. The fraction of sp³-hybridized carbons (Fsp3) is 0.400. The summed E-state index contributed by atoms with van der Waals surface area (Å²) in [6, 6.07) is 6.69. The lowest BCUT2D eigenvalue weighted by molar-refractivity contribution is 0.0864. The number of ether oxygens (including phenoxy) is 1. The van der Waals surface area contributed by atoms with Crippen LogP contribution in [0.3, 0.4) is 0 Å². The number of hydrogen-bond acceptors (Lipinski definition) is 5. The molecule has 0 saturated heterocycles. The summed E-state index contributed by atoms with van der Waals surface area (Å²) in [4.78, 5) is 17.7. The van der Waals surface area contributed by atoms with Crippen molar-refractivity contribution in [3.63, 3.8) is 0 Å². The van der Waals surface area contributed by atoms with Gasteiger partial charge in [-0.25, -0.2) is 9.37 Å². The minimum absolute atomic E-state index is 0.0421. The van der Waals surface area contributed by atoms with E-state index < -0.39 is 11.7 Å². The van der Waals surface area contributed by atoms with E-state index in [-0.39, 0.29) is 23.6 Å². The van der Waals surface area contributed by atoms with E-state index in [0.29, 0.717) is 31.4 Å². The van der Waals surface area contributed by atoms with Crippen LogP contribution in [-0.2, 0) is 0 Å². The van der Waals surface area contributed by atoms with Crippen LogP contribution < -0.4 is 10.1 Å². The quantitative estimate of drug-likeness (QED) is 0.753. The molecule has 1 aliphatic carbocycles. The summed E-state index contributed by atoms with van der Waals surface area (Å²) in [7, 11) is 0. The maximum absolute atomic E-state index is 13.7. The minimum Gasteiger partial charge on any atom is -0.438 e. The molecule has 0 atom stereocenters. The van der Waals surface area contributed by atoms with Crippen LogP contribution in [-0.4, -0.2) is 34.4 Å². The van der Waals surface area contributed by atoms with Crippen molar-refractivity contribution in [2.75, 3.05) is 6.26 Å². The topological polar surface area (TPSA) is 71.5 Å². The van der Waals surface area contributed by atoms with Crippen LogP contribution in [0.25, 0.3) is 0 Å². The molecule has 144 valence electrons. The second-order valence-corrected chi connectivity index (χ2v) is 7.57. The second kappa shape index (κ2) is 8.71. The Morgan fingerprint density at radius 3 is 2.74 bits per heavy atom. The van der Waals surface area contributed by atoms with Crippen LogP contribution in [0.2, 0.25) is 0 Å². The van der Waals surface area contributed by atoms with Gasteiger partial charge in [0.15, 0.2) is 0 Å². The molecule has 1 aromatic carbocycles. The lowest BCUT2D eigenvalue weighted by Crippen LogP contribution is -2.38. The van der Waals surface area contributed by atoms with Crippen LogP contribution in [0.1, 0.15) is 41.6 Å². The average molecular weight is 390 g/mol. The highest BCUT2D eigenvalue weighted by molar-refractivity contribution is 7.98. The Balaban J connectivity index is 1.79. The van der Waals surface area contributed by atoms with Gasteiger partial charge in [0.1, 0.15) is 17.1 Å². The van der Waals surface area contributed by atoms with Gasteiger partial charge >= 0.3 is 0 Å². The molecule has 1 amide bonds. The zero-order valence-corrected chi connectivity index (χ0v) is 16.2. The lowest BCUT2D eigenvalue weighted by Gasteiger charge is -2.26. The van der Waals surface area contributed by atoms with Gasteiger partial charge in [-0.15, -0.1) is 11.8 Å². The highest BCUT2D eigenvalue weighted by Crippen LogP contribution is 2.29. The van der Waals surface area contributed by atoms with Gasteiger partial charge in [-0.1, -0.05) is 6.07 Å². The Morgan fingerprint density at radius 2 is 2.04 bits per heavy atom. The Kier molecular flexibility index (Phi) is 6.34. The second-order valence-electron chi connectivity index (χ2n) is 6.72. The van der Waals surface area contributed by atoms with Crippen molar-refractivity contribution in [2.45, 2.75) is 49.6 Å². The van der Waals surface area contributed by atoms with Crippen molar-refractivity contribution >= 4 is 17.7 Å². The predicted octanol–water partition coefficient (Wildman–Crippen LogP) is 4.08. The monoisotopic (exact) mass is 390 g/mol. The van der Waals surface area contributed by atoms with Crippen LogP contribution in [0.15, 0.2) is 35.4 Å². The number of aromatic nitrogens is 1. The van der Waals surface area contributed by atoms with Gasteiger partial charge in [0, 0.05) is 10.9 Å². The van der Waals surface area contributed by atoms with Gasteiger partial charge in [0.2, 0.25) is 5.88 Å². The molecule has 1 saturated carbocycles. The van der Waals surface area contributed by atoms with Gasteiger partial charge in [-0.05, 0) is 62.6 Å². The number of carbonyl (C=O) groups excluding carboxylic acids is 1. The highest BCUT2D eigenvalue weighted by atomic mass is 32.2. The smallest absolute Gasteiger partial charge is 0.257 e. The number of benzene rings is 1. The molecular formula is C20H23FN2O3S. The maximum atomic E-state index is 13.7. The van der Waals surface area contributed by atoms with Crippen molar-refractivity contribution < 1.29 is 19.0 Å². The van der Waals surface area contributed by atoms with Crippen LogP contribution in [0, 0.1) is 12.7 Å². The maximum Gasteiger partial charge on any atom is 0.257 e. The minimum atomic E-state index is -0.597. The number of nitrogens with one attached hydrogen (secondary N) is 1. The Hall–Kier alpha value is -2.12. The number of nitrogens with zero attached hydrogens (tertiary/aromatic N) is 1. The van der Waals surface area contributed by atoms with E-state index in [1.807, 2.05) is 25.3 Å². The standard InChI is InChI=1S/C20H23FN2O3S/c1-12-3-8-16(10-18(12)27-2)26-20-17(9-13(21)11-22-20)19(25)23-14-4-6-15(24)7-5-14/h3,8-11,14-15,24H,4-7H2,1-2H3,(H,23,25). The molecule has 0 aliphatic heterocycles. The molecule has 2 aromatic rings. The largest absolute Gasteiger partial charge is 0.438 e. The lowest BCUT2D eigenvalue weighted by atomic mass is 9.93. The first kappa shape index (κ1) is 19.6. The van der Waals surface area contributed by atoms with Crippen molar-refractivity contribution in [1.82, 2.24) is 10.3 Å². The van der Waals surface area contributed by atoms with Crippen molar-refractivity contribution in [2.24, 2.45) is 0 Å². The number of pyridine rings is 1. The van der Waals surface area contributed by atoms with Gasteiger partial charge < -0.3 is 15.2 Å².